The number of hydrogen-bond donors (Lipinski definition) is 0. The highest BCUT2D eigenvalue weighted by Gasteiger charge is 2.10. The van der Waals surface area contributed by atoms with Crippen LogP contribution < -0.4 is 4.90 Å². The van der Waals surface area contributed by atoms with E-state index in [-0.39, 0.29) is 0 Å². The Bertz CT molecular complexity index is 361. The Labute approximate surface area is 98.5 Å². The molecule has 0 radical (unpaired) electrons. The standard InChI is InChI=1S/C14H20N2/c1-4-12(5-2)11-16(3)14-9-7-6-8-13(14)10-15/h6-9,12H,4-5,11H2,1-3H3. The number of nitriles is 1. The van der Waals surface area contributed by atoms with E-state index in [9.17, 15) is 0 Å². The van der Waals surface area contributed by atoms with Crippen molar-refractivity contribution < 1.29 is 0 Å². The monoisotopic (exact) mass is 216 g/mol. The van der Waals surface area contributed by atoms with Gasteiger partial charge in [0.1, 0.15) is 6.07 Å². The highest BCUT2D eigenvalue weighted by molar-refractivity contribution is 5.58. The third-order valence-corrected chi connectivity index (χ3v) is 3.12. The Morgan fingerprint density at radius 3 is 2.44 bits per heavy atom. The van der Waals surface area contributed by atoms with E-state index in [1.165, 1.54) is 12.8 Å². The van der Waals surface area contributed by atoms with E-state index in [0.29, 0.717) is 5.92 Å². The molecule has 0 heterocycles. The first-order chi connectivity index (χ1) is 7.72. The highest BCUT2D eigenvalue weighted by Crippen LogP contribution is 2.20. The van der Waals surface area contributed by atoms with E-state index in [4.69, 9.17) is 5.26 Å². The van der Waals surface area contributed by atoms with Crippen LogP contribution in [0.3, 0.4) is 0 Å². The molecule has 0 fully saturated rings. The lowest BCUT2D eigenvalue weighted by Gasteiger charge is -2.25. The molecule has 0 aliphatic rings. The van der Waals surface area contributed by atoms with Gasteiger partial charge in [0.05, 0.1) is 11.3 Å². The summed E-state index contributed by atoms with van der Waals surface area (Å²) in [5.74, 6) is 0.705. The van der Waals surface area contributed by atoms with E-state index >= 15 is 0 Å². The molecule has 1 aromatic carbocycles. The van der Waals surface area contributed by atoms with E-state index < -0.39 is 0 Å². The molecule has 0 aliphatic heterocycles. The third-order valence-electron chi connectivity index (χ3n) is 3.12. The van der Waals surface area contributed by atoms with Crippen LogP contribution in [0.1, 0.15) is 32.3 Å². The number of rotatable bonds is 5. The molecule has 1 rings (SSSR count). The molecule has 1 aromatic rings. The number of hydrogen-bond acceptors (Lipinski definition) is 2. The molecule has 0 aliphatic carbocycles. The van der Waals surface area contributed by atoms with Crippen molar-refractivity contribution in [1.29, 1.82) is 5.26 Å². The van der Waals surface area contributed by atoms with Gasteiger partial charge in [-0.3, -0.25) is 0 Å². The van der Waals surface area contributed by atoms with Crippen molar-refractivity contribution in [2.75, 3.05) is 18.5 Å². The minimum Gasteiger partial charge on any atom is -0.373 e. The molecule has 2 heteroatoms. The molecular weight excluding hydrogens is 196 g/mol. The van der Waals surface area contributed by atoms with Crippen molar-refractivity contribution in [2.24, 2.45) is 5.92 Å². The summed E-state index contributed by atoms with van der Waals surface area (Å²) in [6.07, 6.45) is 2.38. The van der Waals surface area contributed by atoms with Gasteiger partial charge in [0.15, 0.2) is 0 Å². The van der Waals surface area contributed by atoms with Crippen LogP contribution in [0, 0.1) is 17.2 Å². The van der Waals surface area contributed by atoms with Gasteiger partial charge in [-0.15, -0.1) is 0 Å². The Morgan fingerprint density at radius 1 is 1.25 bits per heavy atom. The second-order valence-electron chi connectivity index (χ2n) is 4.19. The predicted octanol–water partition coefficient (Wildman–Crippen LogP) is 3.43. The third kappa shape index (κ3) is 3.00. The van der Waals surface area contributed by atoms with Crippen LogP contribution >= 0.6 is 0 Å². The molecule has 0 atom stereocenters. The summed E-state index contributed by atoms with van der Waals surface area (Å²) in [6, 6.07) is 10.0. The topological polar surface area (TPSA) is 27.0 Å². The number of anilines is 1. The summed E-state index contributed by atoms with van der Waals surface area (Å²) in [5.41, 5.74) is 1.80. The van der Waals surface area contributed by atoms with E-state index in [0.717, 1.165) is 17.8 Å². The largest absolute Gasteiger partial charge is 0.373 e. The van der Waals surface area contributed by atoms with Gasteiger partial charge in [0.25, 0.3) is 0 Å². The fraction of sp³-hybridized carbons (Fsp3) is 0.500. The van der Waals surface area contributed by atoms with E-state index in [2.05, 4.69) is 31.9 Å². The van der Waals surface area contributed by atoms with Crippen LogP contribution in [-0.2, 0) is 0 Å². The Balaban J connectivity index is 2.80. The predicted molar refractivity (Wildman–Crippen MR) is 68.5 cm³/mol. The van der Waals surface area contributed by atoms with Gasteiger partial charge in [-0.2, -0.15) is 5.26 Å². The Kier molecular flexibility index (Phi) is 4.85. The fourth-order valence-corrected chi connectivity index (χ4v) is 1.93. The summed E-state index contributed by atoms with van der Waals surface area (Å²) in [5, 5.41) is 9.04. The lowest BCUT2D eigenvalue weighted by molar-refractivity contribution is 0.494. The molecule has 0 aromatic heterocycles. The summed E-state index contributed by atoms with van der Waals surface area (Å²) < 4.78 is 0. The van der Waals surface area contributed by atoms with Gasteiger partial charge in [-0.1, -0.05) is 38.8 Å². The number of nitrogens with zero attached hydrogens (tertiary/aromatic N) is 2. The van der Waals surface area contributed by atoms with Gasteiger partial charge in [0.2, 0.25) is 0 Å². The zero-order valence-electron chi connectivity index (χ0n) is 10.4. The van der Waals surface area contributed by atoms with Crippen molar-refractivity contribution in [3.05, 3.63) is 29.8 Å². The fourth-order valence-electron chi connectivity index (χ4n) is 1.93. The molecule has 2 nitrogen and oxygen atoms in total. The maximum Gasteiger partial charge on any atom is 0.101 e. The quantitative estimate of drug-likeness (QED) is 0.754. The zero-order valence-corrected chi connectivity index (χ0v) is 10.4. The molecule has 0 unspecified atom stereocenters. The van der Waals surface area contributed by atoms with Crippen LogP contribution in [0.5, 0.6) is 0 Å². The second-order valence-corrected chi connectivity index (χ2v) is 4.19. The molecule has 0 spiro atoms. The number of benzene rings is 1. The second kappa shape index (κ2) is 6.17. The molecule has 0 bridgehead atoms. The van der Waals surface area contributed by atoms with Gasteiger partial charge in [-0.05, 0) is 18.1 Å². The first kappa shape index (κ1) is 12.6. The molecular formula is C14H20N2. The van der Waals surface area contributed by atoms with Gasteiger partial charge < -0.3 is 4.90 Å². The summed E-state index contributed by atoms with van der Waals surface area (Å²) in [6.45, 7) is 5.46. The smallest absolute Gasteiger partial charge is 0.101 e. The van der Waals surface area contributed by atoms with Crippen molar-refractivity contribution in [2.45, 2.75) is 26.7 Å². The van der Waals surface area contributed by atoms with Gasteiger partial charge >= 0.3 is 0 Å². The summed E-state index contributed by atoms with van der Waals surface area (Å²) in [7, 11) is 2.06. The normalized spacial score (nSPS) is 10.2. The lowest BCUT2D eigenvalue weighted by atomic mass is 10.0. The van der Waals surface area contributed by atoms with Crippen molar-refractivity contribution in [3.8, 4) is 6.07 Å². The van der Waals surface area contributed by atoms with Crippen molar-refractivity contribution in [3.63, 3.8) is 0 Å². The first-order valence-corrected chi connectivity index (χ1v) is 5.93. The molecule has 16 heavy (non-hydrogen) atoms. The van der Waals surface area contributed by atoms with Crippen molar-refractivity contribution in [1.82, 2.24) is 0 Å². The average molecular weight is 216 g/mol. The molecule has 0 saturated heterocycles. The van der Waals surface area contributed by atoms with Crippen LogP contribution in [0.15, 0.2) is 24.3 Å². The van der Waals surface area contributed by atoms with Crippen LogP contribution in [0.25, 0.3) is 0 Å². The average Bonchev–Trinajstić information content (AvgIpc) is 2.35. The molecule has 0 N–H and O–H groups in total. The Morgan fingerprint density at radius 2 is 1.88 bits per heavy atom. The van der Waals surface area contributed by atoms with Gasteiger partial charge in [0, 0.05) is 13.6 Å². The zero-order chi connectivity index (χ0) is 12.0. The number of para-hydroxylation sites is 1. The van der Waals surface area contributed by atoms with Crippen LogP contribution in [0.4, 0.5) is 5.69 Å². The first-order valence-electron chi connectivity index (χ1n) is 5.93. The minimum absolute atomic E-state index is 0.705. The minimum atomic E-state index is 0.705. The molecule has 86 valence electrons. The maximum atomic E-state index is 9.04. The highest BCUT2D eigenvalue weighted by atomic mass is 15.1. The van der Waals surface area contributed by atoms with Crippen LogP contribution in [0.2, 0.25) is 0 Å². The lowest BCUT2D eigenvalue weighted by Crippen LogP contribution is -2.25. The van der Waals surface area contributed by atoms with Gasteiger partial charge in [-0.25, -0.2) is 0 Å². The maximum absolute atomic E-state index is 9.04. The summed E-state index contributed by atoms with van der Waals surface area (Å²) in [4.78, 5) is 2.19. The molecule has 0 saturated carbocycles. The van der Waals surface area contributed by atoms with Crippen LogP contribution in [-0.4, -0.2) is 13.6 Å². The van der Waals surface area contributed by atoms with E-state index in [1.54, 1.807) is 0 Å². The SMILES string of the molecule is CCC(CC)CN(C)c1ccccc1C#N. The van der Waals surface area contributed by atoms with E-state index in [1.807, 2.05) is 24.3 Å². The Hall–Kier alpha value is -1.49. The van der Waals surface area contributed by atoms with Crippen molar-refractivity contribution >= 4 is 5.69 Å². The summed E-state index contributed by atoms with van der Waals surface area (Å²) >= 11 is 0. The molecule has 0 amide bonds.